The Balaban J connectivity index is 1.74. The van der Waals surface area contributed by atoms with Gasteiger partial charge in [0.2, 0.25) is 0 Å². The SMILES string of the molecule is CCS[C@@H]1[C@@H](Cc2c[nH]c(=O)n2C)n2cccc2C(=O)N1Cc1ccccc1. The highest BCUT2D eigenvalue weighted by Gasteiger charge is 2.39. The number of aromatic nitrogens is 3. The van der Waals surface area contributed by atoms with E-state index < -0.39 is 0 Å². The van der Waals surface area contributed by atoms with Crippen LogP contribution in [-0.4, -0.2) is 36.1 Å². The first-order valence-electron chi connectivity index (χ1n) is 9.46. The number of fused-ring (bicyclic) bond motifs is 1. The Kier molecular flexibility index (Phi) is 5.17. The molecule has 0 spiro atoms. The summed E-state index contributed by atoms with van der Waals surface area (Å²) in [6.07, 6.45) is 4.43. The van der Waals surface area contributed by atoms with Crippen molar-refractivity contribution >= 4 is 17.7 Å². The predicted octanol–water partition coefficient (Wildman–Crippen LogP) is 3.03. The fourth-order valence-corrected chi connectivity index (χ4v) is 5.01. The molecule has 0 unspecified atom stereocenters. The first-order valence-corrected chi connectivity index (χ1v) is 10.5. The van der Waals surface area contributed by atoms with Crippen molar-refractivity contribution < 1.29 is 4.79 Å². The monoisotopic (exact) mass is 396 g/mol. The van der Waals surface area contributed by atoms with E-state index in [0.717, 1.165) is 17.0 Å². The Labute approximate surface area is 168 Å². The number of benzene rings is 1. The number of imidazole rings is 1. The van der Waals surface area contributed by atoms with Crippen LogP contribution in [0.15, 0.2) is 59.7 Å². The maximum atomic E-state index is 13.3. The quantitative estimate of drug-likeness (QED) is 0.697. The lowest BCUT2D eigenvalue weighted by Crippen LogP contribution is -2.49. The minimum absolute atomic E-state index is 0.0115. The fraction of sp³-hybridized carbons (Fsp3) is 0.333. The van der Waals surface area contributed by atoms with Gasteiger partial charge in [-0.3, -0.25) is 9.36 Å². The van der Waals surface area contributed by atoms with E-state index in [1.54, 1.807) is 29.6 Å². The van der Waals surface area contributed by atoms with E-state index >= 15 is 0 Å². The van der Waals surface area contributed by atoms with E-state index in [-0.39, 0.29) is 23.0 Å². The number of carbonyl (C=O) groups excluding carboxylic acids is 1. The molecule has 3 aromatic rings. The van der Waals surface area contributed by atoms with Crippen molar-refractivity contribution in [3.63, 3.8) is 0 Å². The lowest BCUT2D eigenvalue weighted by atomic mass is 10.1. The summed E-state index contributed by atoms with van der Waals surface area (Å²) in [7, 11) is 1.78. The molecule has 3 heterocycles. The van der Waals surface area contributed by atoms with Crippen molar-refractivity contribution in [2.24, 2.45) is 7.05 Å². The summed E-state index contributed by atoms with van der Waals surface area (Å²) in [6, 6.07) is 14.0. The summed E-state index contributed by atoms with van der Waals surface area (Å²) in [5.74, 6) is 0.960. The number of thioether (sulfide) groups is 1. The van der Waals surface area contributed by atoms with Crippen LogP contribution in [0.2, 0.25) is 0 Å². The second kappa shape index (κ2) is 7.75. The number of hydrogen-bond acceptors (Lipinski definition) is 3. The van der Waals surface area contributed by atoms with Crippen molar-refractivity contribution in [2.75, 3.05) is 5.75 Å². The molecule has 7 heteroatoms. The predicted molar refractivity (Wildman–Crippen MR) is 111 cm³/mol. The molecule has 0 bridgehead atoms. The number of amides is 1. The van der Waals surface area contributed by atoms with Crippen LogP contribution in [0.25, 0.3) is 0 Å². The van der Waals surface area contributed by atoms with Gasteiger partial charge in [0, 0.05) is 38.1 Å². The smallest absolute Gasteiger partial charge is 0.325 e. The van der Waals surface area contributed by atoms with Crippen LogP contribution in [0.3, 0.4) is 0 Å². The molecule has 28 heavy (non-hydrogen) atoms. The maximum Gasteiger partial charge on any atom is 0.325 e. The van der Waals surface area contributed by atoms with Gasteiger partial charge in [0.25, 0.3) is 5.91 Å². The highest BCUT2D eigenvalue weighted by atomic mass is 32.2. The van der Waals surface area contributed by atoms with Crippen molar-refractivity contribution in [3.8, 4) is 0 Å². The van der Waals surface area contributed by atoms with Crippen LogP contribution in [0.1, 0.15) is 34.7 Å². The molecular formula is C21H24N4O2S. The standard InChI is InChI=1S/C21H24N4O2S/c1-3-28-20-18(12-16-13-22-21(27)23(16)2)24-11-7-10-17(24)19(26)25(20)14-15-8-5-4-6-9-15/h4-11,13,18,20H,3,12,14H2,1-2H3,(H,22,27)/t18-,20-/m1/s1. The van der Waals surface area contributed by atoms with E-state index in [4.69, 9.17) is 0 Å². The lowest BCUT2D eigenvalue weighted by Gasteiger charge is -2.42. The van der Waals surface area contributed by atoms with Gasteiger partial charge in [-0.25, -0.2) is 4.79 Å². The average molecular weight is 397 g/mol. The van der Waals surface area contributed by atoms with E-state index in [0.29, 0.717) is 18.7 Å². The first kappa shape index (κ1) is 18.7. The van der Waals surface area contributed by atoms with Gasteiger partial charge in [0.05, 0.1) is 11.4 Å². The Morgan fingerprint density at radius 3 is 2.57 bits per heavy atom. The third-order valence-electron chi connectivity index (χ3n) is 5.30. The highest BCUT2D eigenvalue weighted by molar-refractivity contribution is 7.99. The minimum atomic E-state index is -0.115. The number of hydrogen-bond donors (Lipinski definition) is 1. The summed E-state index contributed by atoms with van der Waals surface area (Å²) >= 11 is 1.78. The molecule has 0 saturated carbocycles. The van der Waals surface area contributed by atoms with Gasteiger partial charge in [-0.05, 0) is 23.4 Å². The normalized spacial score (nSPS) is 19.1. The summed E-state index contributed by atoms with van der Waals surface area (Å²) < 4.78 is 3.73. The molecule has 1 aromatic carbocycles. The van der Waals surface area contributed by atoms with Crippen LogP contribution in [0.4, 0.5) is 0 Å². The topological polar surface area (TPSA) is 63.0 Å². The van der Waals surface area contributed by atoms with Crippen LogP contribution >= 0.6 is 11.8 Å². The van der Waals surface area contributed by atoms with Gasteiger partial charge in [-0.1, -0.05) is 37.3 Å². The third kappa shape index (κ3) is 3.30. The Morgan fingerprint density at radius 2 is 1.89 bits per heavy atom. The molecular weight excluding hydrogens is 372 g/mol. The molecule has 1 aliphatic rings. The molecule has 4 rings (SSSR count). The molecule has 6 nitrogen and oxygen atoms in total. The van der Waals surface area contributed by atoms with Crippen LogP contribution in [0.5, 0.6) is 0 Å². The van der Waals surface area contributed by atoms with Crippen molar-refractivity contribution in [1.82, 2.24) is 19.0 Å². The zero-order valence-corrected chi connectivity index (χ0v) is 16.9. The van der Waals surface area contributed by atoms with E-state index in [1.165, 1.54) is 0 Å². The Bertz CT molecular complexity index is 1020. The highest BCUT2D eigenvalue weighted by Crippen LogP contribution is 2.37. The van der Waals surface area contributed by atoms with Crippen molar-refractivity contribution in [2.45, 2.75) is 31.3 Å². The second-order valence-corrected chi connectivity index (χ2v) is 8.37. The summed E-state index contributed by atoms with van der Waals surface area (Å²) in [4.78, 5) is 29.9. The van der Waals surface area contributed by atoms with Crippen molar-refractivity contribution in [1.29, 1.82) is 0 Å². The molecule has 1 aliphatic heterocycles. The summed E-state index contributed by atoms with van der Waals surface area (Å²) in [6.45, 7) is 2.69. The summed E-state index contributed by atoms with van der Waals surface area (Å²) in [5, 5.41) is -0.0115. The number of H-pyrrole nitrogens is 1. The zero-order valence-electron chi connectivity index (χ0n) is 16.0. The van der Waals surface area contributed by atoms with E-state index in [1.807, 2.05) is 41.4 Å². The van der Waals surface area contributed by atoms with Crippen LogP contribution < -0.4 is 5.69 Å². The third-order valence-corrected chi connectivity index (χ3v) is 6.55. The van der Waals surface area contributed by atoms with Gasteiger partial charge in [0.1, 0.15) is 5.69 Å². The molecule has 0 fully saturated rings. The van der Waals surface area contributed by atoms with Gasteiger partial charge in [-0.15, -0.1) is 11.8 Å². The molecule has 2 aromatic heterocycles. The van der Waals surface area contributed by atoms with Gasteiger partial charge in [-0.2, -0.15) is 0 Å². The van der Waals surface area contributed by atoms with Gasteiger partial charge in [0.15, 0.2) is 0 Å². The molecule has 0 radical (unpaired) electrons. The van der Waals surface area contributed by atoms with Gasteiger partial charge >= 0.3 is 5.69 Å². The molecule has 0 saturated heterocycles. The summed E-state index contributed by atoms with van der Waals surface area (Å²) in [5.41, 5.74) is 2.64. The van der Waals surface area contributed by atoms with Crippen molar-refractivity contribution in [3.05, 3.63) is 82.3 Å². The number of rotatable bonds is 6. The Hall–Kier alpha value is -2.67. The average Bonchev–Trinajstić information content (AvgIpc) is 3.31. The molecule has 0 aliphatic carbocycles. The number of aromatic amines is 1. The maximum absolute atomic E-state index is 13.3. The molecule has 1 N–H and O–H groups in total. The molecule has 146 valence electrons. The molecule has 2 atom stereocenters. The minimum Gasteiger partial charge on any atom is -0.337 e. The molecule has 1 amide bonds. The van der Waals surface area contributed by atoms with Gasteiger partial charge < -0.3 is 14.5 Å². The number of carbonyl (C=O) groups is 1. The first-order chi connectivity index (χ1) is 13.6. The second-order valence-electron chi connectivity index (χ2n) is 6.98. The largest absolute Gasteiger partial charge is 0.337 e. The fourth-order valence-electron chi connectivity index (χ4n) is 3.86. The van der Waals surface area contributed by atoms with E-state index in [2.05, 4.69) is 28.6 Å². The lowest BCUT2D eigenvalue weighted by molar-refractivity contribution is 0.0615. The zero-order chi connectivity index (χ0) is 19.7. The van der Waals surface area contributed by atoms with Crippen LogP contribution in [-0.2, 0) is 20.0 Å². The number of nitrogens with zero attached hydrogens (tertiary/aromatic N) is 3. The number of nitrogens with one attached hydrogen (secondary N) is 1. The van der Waals surface area contributed by atoms with E-state index in [9.17, 15) is 9.59 Å². The van der Waals surface area contributed by atoms with Crippen LogP contribution in [0, 0.1) is 0 Å². The Morgan fingerprint density at radius 1 is 1.11 bits per heavy atom.